The summed E-state index contributed by atoms with van der Waals surface area (Å²) >= 11 is 7.63. The number of nitrogens with one attached hydrogen (secondary N) is 1. The number of thiophene rings is 1. The van der Waals surface area contributed by atoms with Crippen LogP contribution < -0.4 is 10.2 Å². The predicted molar refractivity (Wildman–Crippen MR) is 121 cm³/mol. The number of non-ortho nitro benzene ring substituents is 1. The molecule has 2 aromatic carbocycles. The molecule has 10 heteroatoms. The molecule has 0 radical (unpaired) electrons. The fourth-order valence-corrected chi connectivity index (χ4v) is 4.94. The minimum atomic E-state index is -0.430. The van der Waals surface area contributed by atoms with Crippen LogP contribution >= 0.6 is 22.9 Å². The number of rotatable bonds is 5. The Morgan fingerprint density at radius 2 is 1.74 bits per heavy atom. The lowest BCUT2D eigenvalue weighted by Gasteiger charge is -2.36. The van der Waals surface area contributed by atoms with Gasteiger partial charge in [-0.15, -0.1) is 11.3 Å². The van der Waals surface area contributed by atoms with Crippen LogP contribution in [-0.4, -0.2) is 54.4 Å². The molecular weight excluding hydrogens is 440 g/mol. The highest BCUT2D eigenvalue weighted by molar-refractivity contribution is 7.21. The van der Waals surface area contributed by atoms with E-state index in [4.69, 9.17) is 11.6 Å². The molecule has 1 aliphatic rings. The van der Waals surface area contributed by atoms with Gasteiger partial charge in [0.2, 0.25) is 5.91 Å². The minimum absolute atomic E-state index is 0.0482. The lowest BCUT2D eigenvalue weighted by atomic mass is 10.2. The Kier molecular flexibility index (Phi) is 6.06. The number of carbonyl (C=O) groups is 2. The van der Waals surface area contributed by atoms with Crippen LogP contribution in [0.1, 0.15) is 9.67 Å². The van der Waals surface area contributed by atoms with Gasteiger partial charge in [-0.3, -0.25) is 19.7 Å². The van der Waals surface area contributed by atoms with Crippen LogP contribution in [0.25, 0.3) is 10.1 Å². The minimum Gasteiger partial charge on any atom is -0.368 e. The third-order valence-electron chi connectivity index (χ3n) is 5.20. The van der Waals surface area contributed by atoms with Crippen molar-refractivity contribution >= 4 is 56.2 Å². The van der Waals surface area contributed by atoms with Gasteiger partial charge in [-0.1, -0.05) is 29.8 Å². The highest BCUT2D eigenvalue weighted by atomic mass is 35.5. The Hall–Kier alpha value is -3.17. The molecule has 8 nitrogen and oxygen atoms in total. The van der Waals surface area contributed by atoms with Gasteiger partial charge in [0.05, 0.1) is 16.5 Å². The topological polar surface area (TPSA) is 95.8 Å². The van der Waals surface area contributed by atoms with Gasteiger partial charge < -0.3 is 15.1 Å². The predicted octanol–water partition coefficient (Wildman–Crippen LogP) is 3.54. The van der Waals surface area contributed by atoms with E-state index in [1.54, 1.807) is 17.0 Å². The molecule has 1 aromatic heterocycles. The molecule has 2 heterocycles. The van der Waals surface area contributed by atoms with Crippen LogP contribution in [0.3, 0.4) is 0 Å². The van der Waals surface area contributed by atoms with Crippen LogP contribution in [0, 0.1) is 10.1 Å². The number of anilines is 1. The number of halogens is 1. The highest BCUT2D eigenvalue weighted by Crippen LogP contribution is 2.34. The number of hydrogen-bond acceptors (Lipinski definition) is 6. The molecule has 0 unspecified atom stereocenters. The highest BCUT2D eigenvalue weighted by Gasteiger charge is 2.23. The SMILES string of the molecule is O=C(NCC(=O)N1CCN(c2ccc([N+](=O)[O-])cc2)CC1)c1sc2ccccc2c1Cl. The van der Waals surface area contributed by atoms with Crippen molar-refractivity contribution in [1.82, 2.24) is 10.2 Å². The summed E-state index contributed by atoms with van der Waals surface area (Å²) in [7, 11) is 0. The number of piperazine rings is 1. The van der Waals surface area contributed by atoms with Gasteiger partial charge in [0.25, 0.3) is 11.6 Å². The number of benzene rings is 2. The van der Waals surface area contributed by atoms with Crippen molar-refractivity contribution in [3.05, 3.63) is 68.5 Å². The normalized spacial score (nSPS) is 14.0. The zero-order valence-electron chi connectivity index (χ0n) is 16.4. The van der Waals surface area contributed by atoms with Crippen LogP contribution in [-0.2, 0) is 4.79 Å². The van der Waals surface area contributed by atoms with Crippen molar-refractivity contribution in [2.24, 2.45) is 0 Å². The molecule has 1 N–H and O–H groups in total. The van der Waals surface area contributed by atoms with E-state index < -0.39 is 4.92 Å². The Morgan fingerprint density at radius 1 is 1.06 bits per heavy atom. The second-order valence-electron chi connectivity index (χ2n) is 7.07. The molecule has 3 aromatic rings. The molecule has 4 rings (SSSR count). The molecule has 0 atom stereocenters. The maximum atomic E-state index is 12.5. The van der Waals surface area contributed by atoms with Gasteiger partial charge in [0, 0.05) is 54.1 Å². The van der Waals surface area contributed by atoms with Crippen LogP contribution in [0.15, 0.2) is 48.5 Å². The number of fused-ring (bicyclic) bond motifs is 1. The van der Waals surface area contributed by atoms with Crippen molar-refractivity contribution < 1.29 is 14.5 Å². The molecule has 1 aliphatic heterocycles. The van der Waals surface area contributed by atoms with Crippen LogP contribution in [0.2, 0.25) is 5.02 Å². The summed E-state index contributed by atoms with van der Waals surface area (Å²) in [6.45, 7) is 2.14. The fraction of sp³-hybridized carbons (Fsp3) is 0.238. The molecule has 1 saturated heterocycles. The Bertz CT molecular complexity index is 1140. The summed E-state index contributed by atoms with van der Waals surface area (Å²) in [5.74, 6) is -0.516. The Balaban J connectivity index is 1.30. The van der Waals surface area contributed by atoms with Crippen LogP contribution in [0.4, 0.5) is 11.4 Å². The molecular formula is C21H19ClN4O4S. The molecule has 160 valence electrons. The van der Waals surface area contributed by atoms with E-state index in [-0.39, 0.29) is 24.0 Å². The van der Waals surface area contributed by atoms with E-state index in [1.807, 2.05) is 24.3 Å². The number of nitro groups is 1. The van der Waals surface area contributed by atoms with Crippen molar-refractivity contribution in [2.75, 3.05) is 37.6 Å². The third kappa shape index (κ3) is 4.47. The molecule has 0 aliphatic carbocycles. The zero-order chi connectivity index (χ0) is 22.0. The summed E-state index contributed by atoms with van der Waals surface area (Å²) in [6.07, 6.45) is 0. The smallest absolute Gasteiger partial charge is 0.269 e. The molecule has 0 saturated carbocycles. The standard InChI is InChI=1S/C21H19ClN4O4S/c22-19-16-3-1-2-4-17(16)31-20(19)21(28)23-13-18(27)25-11-9-24(10-12-25)14-5-7-15(8-6-14)26(29)30/h1-8H,9-13H2,(H,23,28). The first kappa shape index (κ1) is 21.1. The molecule has 1 fully saturated rings. The van der Waals surface area contributed by atoms with Gasteiger partial charge >= 0.3 is 0 Å². The lowest BCUT2D eigenvalue weighted by molar-refractivity contribution is -0.384. The molecule has 0 bridgehead atoms. The second-order valence-corrected chi connectivity index (χ2v) is 8.50. The molecule has 31 heavy (non-hydrogen) atoms. The number of nitrogens with zero attached hydrogens (tertiary/aromatic N) is 3. The zero-order valence-corrected chi connectivity index (χ0v) is 18.0. The summed E-state index contributed by atoms with van der Waals surface area (Å²) in [6, 6.07) is 13.9. The van der Waals surface area contributed by atoms with Gasteiger partial charge in [-0.05, 0) is 18.2 Å². The van der Waals surface area contributed by atoms with E-state index in [0.717, 1.165) is 15.8 Å². The maximum Gasteiger partial charge on any atom is 0.269 e. The van der Waals surface area contributed by atoms with Crippen molar-refractivity contribution in [3.63, 3.8) is 0 Å². The van der Waals surface area contributed by atoms with Gasteiger partial charge in [-0.25, -0.2) is 0 Å². The number of carbonyl (C=O) groups excluding carboxylic acids is 2. The van der Waals surface area contributed by atoms with Gasteiger partial charge in [-0.2, -0.15) is 0 Å². The molecule has 0 spiro atoms. The summed E-state index contributed by atoms with van der Waals surface area (Å²) < 4.78 is 0.923. The van der Waals surface area contributed by atoms with Crippen LogP contribution in [0.5, 0.6) is 0 Å². The monoisotopic (exact) mass is 458 g/mol. The summed E-state index contributed by atoms with van der Waals surface area (Å²) in [5, 5.41) is 14.7. The first-order valence-electron chi connectivity index (χ1n) is 9.66. The van der Waals surface area contributed by atoms with Gasteiger partial charge in [0.1, 0.15) is 4.88 Å². The van der Waals surface area contributed by atoms with E-state index >= 15 is 0 Å². The summed E-state index contributed by atoms with van der Waals surface area (Å²) in [4.78, 5) is 39.6. The third-order valence-corrected chi connectivity index (χ3v) is 6.87. The second kappa shape index (κ2) is 8.91. The van der Waals surface area contributed by atoms with Gasteiger partial charge in [0.15, 0.2) is 0 Å². The van der Waals surface area contributed by atoms with E-state index in [9.17, 15) is 19.7 Å². The van der Waals surface area contributed by atoms with E-state index in [0.29, 0.717) is 36.1 Å². The van der Waals surface area contributed by atoms with E-state index in [1.165, 1.54) is 23.5 Å². The number of hydrogen-bond donors (Lipinski definition) is 1. The maximum absolute atomic E-state index is 12.5. The first-order chi connectivity index (χ1) is 14.9. The van der Waals surface area contributed by atoms with Crippen molar-refractivity contribution in [3.8, 4) is 0 Å². The number of amides is 2. The molecule has 2 amide bonds. The fourth-order valence-electron chi connectivity index (χ4n) is 3.51. The Morgan fingerprint density at radius 3 is 2.39 bits per heavy atom. The first-order valence-corrected chi connectivity index (χ1v) is 10.9. The van der Waals surface area contributed by atoms with E-state index in [2.05, 4.69) is 10.2 Å². The average molecular weight is 459 g/mol. The number of nitro benzene ring substituents is 1. The quantitative estimate of drug-likeness (QED) is 0.466. The lowest BCUT2D eigenvalue weighted by Crippen LogP contribution is -2.51. The van der Waals surface area contributed by atoms with Crippen molar-refractivity contribution in [2.45, 2.75) is 0 Å². The summed E-state index contributed by atoms with van der Waals surface area (Å²) in [5.41, 5.74) is 0.928. The Labute approximate surface area is 187 Å². The average Bonchev–Trinajstić information content (AvgIpc) is 3.14. The van der Waals surface area contributed by atoms with Crippen molar-refractivity contribution in [1.29, 1.82) is 0 Å². The largest absolute Gasteiger partial charge is 0.368 e.